The molecular formula is C18H23ClN2O3S. The van der Waals surface area contributed by atoms with Crippen molar-refractivity contribution in [2.45, 2.75) is 68.1 Å². The van der Waals surface area contributed by atoms with Crippen LogP contribution in [0.2, 0.25) is 5.02 Å². The van der Waals surface area contributed by atoms with Crippen LogP contribution in [0.3, 0.4) is 0 Å². The van der Waals surface area contributed by atoms with Crippen LogP contribution < -0.4 is 5.32 Å². The molecule has 1 aromatic carbocycles. The van der Waals surface area contributed by atoms with Crippen molar-refractivity contribution in [3.63, 3.8) is 0 Å². The normalized spacial score (nSPS) is 21.4. The standard InChI is InChI=1S/C18H23ClN2O3S/c1-18(2,3)16-21-13-9-8-12(19)15(14(13)24-16)25-11-6-4-10(5-7-11)20-17(22)23/h8-11,20H,4-7H2,1-3H3,(H,22,23)/t10-,11-. The summed E-state index contributed by atoms with van der Waals surface area (Å²) in [5.41, 5.74) is 1.43. The first-order valence-electron chi connectivity index (χ1n) is 8.49. The van der Waals surface area contributed by atoms with E-state index in [0.717, 1.165) is 41.7 Å². The molecule has 25 heavy (non-hydrogen) atoms. The van der Waals surface area contributed by atoms with Gasteiger partial charge in [0.25, 0.3) is 0 Å². The van der Waals surface area contributed by atoms with Crippen molar-refractivity contribution < 1.29 is 14.3 Å². The monoisotopic (exact) mass is 382 g/mol. The first-order chi connectivity index (χ1) is 11.7. The molecule has 0 radical (unpaired) electrons. The first kappa shape index (κ1) is 18.4. The van der Waals surface area contributed by atoms with Crippen LogP contribution >= 0.6 is 23.4 Å². The number of benzene rings is 1. The van der Waals surface area contributed by atoms with Crippen molar-refractivity contribution >= 4 is 40.6 Å². The van der Waals surface area contributed by atoms with Crippen molar-refractivity contribution in [3.05, 3.63) is 23.0 Å². The summed E-state index contributed by atoms with van der Waals surface area (Å²) in [6, 6.07) is 3.82. The van der Waals surface area contributed by atoms with E-state index in [1.165, 1.54) is 0 Å². The number of aromatic nitrogens is 1. The first-order valence-corrected chi connectivity index (χ1v) is 9.75. The number of thioether (sulfide) groups is 1. The van der Waals surface area contributed by atoms with Gasteiger partial charge in [0.1, 0.15) is 5.52 Å². The Labute approximate surface area is 156 Å². The Balaban J connectivity index is 1.78. The molecule has 1 saturated carbocycles. The zero-order chi connectivity index (χ0) is 18.2. The van der Waals surface area contributed by atoms with Gasteiger partial charge in [-0.05, 0) is 37.8 Å². The van der Waals surface area contributed by atoms with Crippen LogP contribution in [0.4, 0.5) is 4.79 Å². The fraction of sp³-hybridized carbons (Fsp3) is 0.556. The number of oxazole rings is 1. The topological polar surface area (TPSA) is 75.4 Å². The molecule has 2 N–H and O–H groups in total. The molecular weight excluding hydrogens is 360 g/mol. The highest BCUT2D eigenvalue weighted by Crippen LogP contribution is 2.42. The summed E-state index contributed by atoms with van der Waals surface area (Å²) in [5, 5.41) is 12.5. The lowest BCUT2D eigenvalue weighted by atomic mass is 9.95. The zero-order valence-corrected chi connectivity index (χ0v) is 16.2. The number of hydrogen-bond donors (Lipinski definition) is 2. The molecule has 0 atom stereocenters. The van der Waals surface area contributed by atoms with Crippen LogP contribution in [0.5, 0.6) is 0 Å². The van der Waals surface area contributed by atoms with Gasteiger partial charge in [-0.3, -0.25) is 0 Å². The van der Waals surface area contributed by atoms with E-state index >= 15 is 0 Å². The molecule has 0 unspecified atom stereocenters. The Bertz CT molecular complexity index is 776. The third kappa shape index (κ3) is 4.23. The van der Waals surface area contributed by atoms with E-state index in [1.54, 1.807) is 11.8 Å². The average Bonchev–Trinajstić information content (AvgIpc) is 2.96. The molecule has 0 bridgehead atoms. The maximum atomic E-state index is 10.8. The number of rotatable bonds is 3. The maximum absolute atomic E-state index is 10.8. The summed E-state index contributed by atoms with van der Waals surface area (Å²) < 4.78 is 6.05. The highest BCUT2D eigenvalue weighted by molar-refractivity contribution is 8.00. The zero-order valence-electron chi connectivity index (χ0n) is 14.6. The number of hydrogen-bond acceptors (Lipinski definition) is 4. The number of fused-ring (bicyclic) bond motifs is 1. The second-order valence-corrected chi connectivity index (χ2v) is 9.25. The summed E-state index contributed by atoms with van der Waals surface area (Å²) in [6.07, 6.45) is 2.65. The Hall–Kier alpha value is -1.40. The number of carbonyl (C=O) groups is 1. The van der Waals surface area contributed by atoms with Gasteiger partial charge in [0.05, 0.1) is 9.92 Å². The Kier molecular flexibility index (Phi) is 5.21. The summed E-state index contributed by atoms with van der Waals surface area (Å²) >= 11 is 8.17. The fourth-order valence-electron chi connectivity index (χ4n) is 3.04. The maximum Gasteiger partial charge on any atom is 0.404 e. The molecule has 1 aliphatic rings. The lowest BCUT2D eigenvalue weighted by Crippen LogP contribution is -2.37. The minimum Gasteiger partial charge on any atom is -0.465 e. The molecule has 136 valence electrons. The van der Waals surface area contributed by atoms with Gasteiger partial charge in [0.15, 0.2) is 5.58 Å². The van der Waals surface area contributed by atoms with Gasteiger partial charge in [-0.25, -0.2) is 9.78 Å². The van der Waals surface area contributed by atoms with E-state index < -0.39 is 6.09 Å². The van der Waals surface area contributed by atoms with Gasteiger partial charge < -0.3 is 14.8 Å². The number of amides is 1. The van der Waals surface area contributed by atoms with Crippen LogP contribution in [0.25, 0.3) is 11.1 Å². The van der Waals surface area contributed by atoms with E-state index in [9.17, 15) is 4.79 Å². The van der Waals surface area contributed by atoms with Gasteiger partial charge in [-0.1, -0.05) is 32.4 Å². The van der Waals surface area contributed by atoms with Crippen molar-refractivity contribution in [3.8, 4) is 0 Å². The predicted octanol–water partition coefficient (Wildman–Crippen LogP) is 5.45. The SMILES string of the molecule is CC(C)(C)c1nc2ccc(Cl)c(S[C@H]3CC[C@H](NC(=O)O)CC3)c2o1. The van der Waals surface area contributed by atoms with Gasteiger partial charge in [0, 0.05) is 16.7 Å². The lowest BCUT2D eigenvalue weighted by Gasteiger charge is -2.28. The Morgan fingerprint density at radius 3 is 2.60 bits per heavy atom. The molecule has 0 spiro atoms. The minimum atomic E-state index is -0.944. The number of halogens is 1. The van der Waals surface area contributed by atoms with E-state index in [1.807, 2.05) is 12.1 Å². The summed E-state index contributed by atoms with van der Waals surface area (Å²) in [4.78, 5) is 16.3. The van der Waals surface area contributed by atoms with Crippen molar-refractivity contribution in [2.75, 3.05) is 0 Å². The molecule has 1 amide bonds. The smallest absolute Gasteiger partial charge is 0.404 e. The van der Waals surface area contributed by atoms with E-state index in [2.05, 4.69) is 31.1 Å². The van der Waals surface area contributed by atoms with Gasteiger partial charge in [0.2, 0.25) is 5.89 Å². The Morgan fingerprint density at radius 1 is 1.32 bits per heavy atom. The van der Waals surface area contributed by atoms with Crippen LogP contribution in [0.15, 0.2) is 21.4 Å². The molecule has 0 aliphatic heterocycles. The third-order valence-corrected chi connectivity index (χ3v) is 6.26. The fourth-order valence-corrected chi connectivity index (χ4v) is 4.60. The van der Waals surface area contributed by atoms with Crippen molar-refractivity contribution in [2.24, 2.45) is 0 Å². The number of nitrogens with one attached hydrogen (secondary N) is 1. The third-order valence-electron chi connectivity index (χ3n) is 4.39. The minimum absolute atomic E-state index is 0.0541. The lowest BCUT2D eigenvalue weighted by molar-refractivity contribution is 0.186. The van der Waals surface area contributed by atoms with Crippen molar-refractivity contribution in [1.29, 1.82) is 0 Å². The molecule has 7 heteroatoms. The molecule has 1 heterocycles. The second kappa shape index (κ2) is 7.08. The van der Waals surface area contributed by atoms with Crippen LogP contribution in [-0.4, -0.2) is 27.5 Å². The molecule has 0 saturated heterocycles. The van der Waals surface area contributed by atoms with Crippen LogP contribution in [0.1, 0.15) is 52.3 Å². The predicted molar refractivity (Wildman–Crippen MR) is 101 cm³/mol. The number of carboxylic acid groups (broad SMARTS) is 1. The quantitative estimate of drug-likeness (QED) is 0.738. The highest BCUT2D eigenvalue weighted by Gasteiger charge is 2.27. The molecule has 1 aromatic heterocycles. The second-order valence-electron chi connectivity index (χ2n) is 7.53. The molecule has 5 nitrogen and oxygen atoms in total. The summed E-state index contributed by atoms with van der Waals surface area (Å²) in [6.45, 7) is 6.22. The molecule has 1 aliphatic carbocycles. The van der Waals surface area contributed by atoms with Crippen LogP contribution in [0, 0.1) is 0 Å². The van der Waals surface area contributed by atoms with Gasteiger partial charge in [-0.2, -0.15) is 0 Å². The Morgan fingerprint density at radius 2 is 2.00 bits per heavy atom. The molecule has 1 fully saturated rings. The average molecular weight is 383 g/mol. The largest absolute Gasteiger partial charge is 0.465 e. The highest BCUT2D eigenvalue weighted by atomic mass is 35.5. The van der Waals surface area contributed by atoms with E-state index in [4.69, 9.17) is 21.1 Å². The summed E-state index contributed by atoms with van der Waals surface area (Å²) in [7, 11) is 0. The van der Waals surface area contributed by atoms with Gasteiger partial charge >= 0.3 is 6.09 Å². The summed E-state index contributed by atoms with van der Waals surface area (Å²) in [5.74, 6) is 0.709. The number of nitrogens with zero attached hydrogens (tertiary/aromatic N) is 1. The van der Waals surface area contributed by atoms with Crippen LogP contribution in [-0.2, 0) is 5.41 Å². The molecule has 3 rings (SSSR count). The van der Waals surface area contributed by atoms with Gasteiger partial charge in [-0.15, -0.1) is 11.8 Å². The van der Waals surface area contributed by atoms with Crippen molar-refractivity contribution in [1.82, 2.24) is 10.3 Å². The van der Waals surface area contributed by atoms with E-state index in [0.29, 0.717) is 16.2 Å². The molecule has 2 aromatic rings. The van der Waals surface area contributed by atoms with E-state index in [-0.39, 0.29) is 11.5 Å².